The molecule has 1 N–H and O–H groups in total. The molecule has 6 nitrogen and oxygen atoms in total. The molecule has 1 fully saturated rings. The molecule has 3 rings (SSSR count). The van der Waals surface area contributed by atoms with Gasteiger partial charge in [-0.3, -0.25) is 0 Å². The molecule has 0 saturated heterocycles. The van der Waals surface area contributed by atoms with Crippen LogP contribution in [0.1, 0.15) is 34.9 Å². The summed E-state index contributed by atoms with van der Waals surface area (Å²) in [5, 5.41) is 20.7. The van der Waals surface area contributed by atoms with Gasteiger partial charge in [0.2, 0.25) is 0 Å². The van der Waals surface area contributed by atoms with Gasteiger partial charge in [-0.1, -0.05) is 0 Å². The van der Waals surface area contributed by atoms with E-state index < -0.39 is 5.97 Å². The van der Waals surface area contributed by atoms with E-state index in [1.807, 2.05) is 0 Å². The highest BCUT2D eigenvalue weighted by atomic mass is 16.4. The molecular formula is C11H10N4O2. The molecule has 0 aromatic carbocycles. The predicted molar refractivity (Wildman–Crippen MR) is 58.1 cm³/mol. The predicted octanol–water partition coefficient (Wildman–Crippen LogP) is 1.24. The second-order valence-electron chi connectivity index (χ2n) is 4.03. The fourth-order valence-corrected chi connectivity index (χ4v) is 1.76. The van der Waals surface area contributed by atoms with Crippen LogP contribution in [0.25, 0.3) is 5.82 Å². The van der Waals surface area contributed by atoms with E-state index in [0.29, 0.717) is 11.7 Å². The monoisotopic (exact) mass is 230 g/mol. The van der Waals surface area contributed by atoms with Crippen LogP contribution >= 0.6 is 0 Å². The van der Waals surface area contributed by atoms with Gasteiger partial charge in [0.05, 0.1) is 5.69 Å². The second kappa shape index (κ2) is 3.65. The largest absolute Gasteiger partial charge is 0.476 e. The minimum atomic E-state index is -1.02. The molecule has 2 aromatic heterocycles. The minimum Gasteiger partial charge on any atom is -0.476 e. The van der Waals surface area contributed by atoms with Crippen LogP contribution in [-0.4, -0.2) is 31.1 Å². The van der Waals surface area contributed by atoms with E-state index >= 15 is 0 Å². The van der Waals surface area contributed by atoms with E-state index in [2.05, 4.69) is 15.3 Å². The van der Waals surface area contributed by atoms with Crippen LogP contribution < -0.4 is 0 Å². The van der Waals surface area contributed by atoms with Gasteiger partial charge in [0.25, 0.3) is 0 Å². The van der Waals surface area contributed by atoms with Crippen molar-refractivity contribution in [1.29, 1.82) is 0 Å². The summed E-state index contributed by atoms with van der Waals surface area (Å²) < 4.78 is 1.58. The fourth-order valence-electron chi connectivity index (χ4n) is 1.76. The number of aromatic nitrogens is 4. The van der Waals surface area contributed by atoms with Crippen molar-refractivity contribution >= 4 is 5.97 Å². The maximum atomic E-state index is 10.9. The number of carboxylic acid groups (broad SMARTS) is 1. The van der Waals surface area contributed by atoms with Crippen LogP contribution in [0.3, 0.4) is 0 Å². The Morgan fingerprint density at radius 1 is 1.47 bits per heavy atom. The van der Waals surface area contributed by atoms with Crippen molar-refractivity contribution in [1.82, 2.24) is 20.0 Å². The minimum absolute atomic E-state index is 0.0533. The van der Waals surface area contributed by atoms with Gasteiger partial charge in [-0.25, -0.2) is 9.48 Å². The first-order chi connectivity index (χ1) is 8.25. The van der Waals surface area contributed by atoms with Crippen LogP contribution in [0, 0.1) is 0 Å². The molecule has 86 valence electrons. The van der Waals surface area contributed by atoms with Crippen molar-refractivity contribution in [2.24, 2.45) is 0 Å². The van der Waals surface area contributed by atoms with Crippen molar-refractivity contribution in [2.75, 3.05) is 0 Å². The van der Waals surface area contributed by atoms with E-state index in [1.54, 1.807) is 29.1 Å². The third kappa shape index (κ3) is 1.77. The summed E-state index contributed by atoms with van der Waals surface area (Å²) in [6.45, 7) is 0. The van der Waals surface area contributed by atoms with E-state index in [0.717, 1.165) is 18.5 Å². The quantitative estimate of drug-likeness (QED) is 0.857. The molecule has 0 atom stereocenters. The molecule has 2 heterocycles. The first-order valence-corrected chi connectivity index (χ1v) is 5.37. The molecule has 17 heavy (non-hydrogen) atoms. The maximum absolute atomic E-state index is 10.9. The first-order valence-electron chi connectivity index (χ1n) is 5.37. The summed E-state index contributed by atoms with van der Waals surface area (Å²) in [6.07, 6.45) is 3.72. The van der Waals surface area contributed by atoms with Gasteiger partial charge in [0, 0.05) is 12.1 Å². The topological polar surface area (TPSA) is 80.9 Å². The van der Waals surface area contributed by atoms with Crippen LogP contribution in [0.15, 0.2) is 24.4 Å². The number of hydrogen-bond acceptors (Lipinski definition) is 4. The number of nitrogens with zero attached hydrogens (tertiary/aromatic N) is 4. The van der Waals surface area contributed by atoms with Crippen LogP contribution in [-0.2, 0) is 0 Å². The zero-order valence-electron chi connectivity index (χ0n) is 8.95. The lowest BCUT2D eigenvalue weighted by atomic mass is 10.2. The van der Waals surface area contributed by atoms with E-state index in [4.69, 9.17) is 5.11 Å². The van der Waals surface area contributed by atoms with Crippen molar-refractivity contribution in [3.63, 3.8) is 0 Å². The molecule has 0 radical (unpaired) electrons. The Hall–Kier alpha value is -2.24. The summed E-state index contributed by atoms with van der Waals surface area (Å²) in [6, 6.07) is 5.13. The van der Waals surface area contributed by atoms with Crippen molar-refractivity contribution < 1.29 is 9.90 Å². The summed E-state index contributed by atoms with van der Waals surface area (Å²) >= 11 is 0. The van der Waals surface area contributed by atoms with E-state index in [1.165, 1.54) is 0 Å². The Labute approximate surface area is 96.9 Å². The highest BCUT2D eigenvalue weighted by Crippen LogP contribution is 2.40. The van der Waals surface area contributed by atoms with Crippen molar-refractivity contribution in [3.8, 4) is 5.82 Å². The lowest BCUT2D eigenvalue weighted by Gasteiger charge is -2.03. The molecular weight excluding hydrogens is 220 g/mol. The SMILES string of the molecule is O=C(O)c1cc(C2CC2)n(-c2cccnn2)n1. The third-order valence-electron chi connectivity index (χ3n) is 2.73. The molecule has 1 aliphatic carbocycles. The smallest absolute Gasteiger partial charge is 0.356 e. The Balaban J connectivity index is 2.11. The molecule has 0 bridgehead atoms. The summed E-state index contributed by atoms with van der Waals surface area (Å²) in [7, 11) is 0. The van der Waals surface area contributed by atoms with E-state index in [9.17, 15) is 4.79 Å². The normalized spacial score (nSPS) is 14.8. The van der Waals surface area contributed by atoms with Crippen LogP contribution in [0.4, 0.5) is 0 Å². The highest BCUT2D eigenvalue weighted by molar-refractivity contribution is 5.85. The molecule has 0 unspecified atom stereocenters. The summed E-state index contributed by atoms with van der Waals surface area (Å²) in [4.78, 5) is 10.9. The van der Waals surface area contributed by atoms with Gasteiger partial charge >= 0.3 is 5.97 Å². The van der Waals surface area contributed by atoms with Gasteiger partial charge in [-0.05, 0) is 31.0 Å². The number of carbonyl (C=O) groups is 1. The number of hydrogen-bond donors (Lipinski definition) is 1. The van der Waals surface area contributed by atoms with Gasteiger partial charge in [-0.15, -0.1) is 5.10 Å². The van der Waals surface area contributed by atoms with Gasteiger partial charge in [0.1, 0.15) is 0 Å². The van der Waals surface area contributed by atoms with E-state index in [-0.39, 0.29) is 5.69 Å². The summed E-state index contributed by atoms with van der Waals surface area (Å²) in [5.74, 6) is -0.0611. The molecule has 1 aliphatic rings. The van der Waals surface area contributed by atoms with Gasteiger partial charge < -0.3 is 5.11 Å². The molecule has 0 aliphatic heterocycles. The molecule has 1 saturated carbocycles. The Kier molecular flexibility index (Phi) is 2.14. The lowest BCUT2D eigenvalue weighted by Crippen LogP contribution is -2.05. The number of carboxylic acids is 1. The lowest BCUT2D eigenvalue weighted by molar-refractivity contribution is 0.0690. The van der Waals surface area contributed by atoms with Crippen molar-refractivity contribution in [3.05, 3.63) is 35.8 Å². The standard InChI is InChI=1S/C11H10N4O2/c16-11(17)8-6-9(7-3-4-7)15(14-8)10-2-1-5-12-13-10/h1-2,5-7H,3-4H2,(H,16,17). The molecule has 2 aromatic rings. The average molecular weight is 230 g/mol. The Bertz CT molecular complexity index is 560. The first kappa shape index (κ1) is 9.95. The molecule has 0 spiro atoms. The van der Waals surface area contributed by atoms with Crippen LogP contribution in [0.2, 0.25) is 0 Å². The summed E-state index contributed by atoms with van der Waals surface area (Å²) in [5.41, 5.74) is 0.959. The fraction of sp³-hybridized carbons (Fsp3) is 0.273. The zero-order valence-corrected chi connectivity index (χ0v) is 8.95. The Morgan fingerprint density at radius 2 is 2.29 bits per heavy atom. The molecule has 6 heteroatoms. The zero-order chi connectivity index (χ0) is 11.8. The van der Waals surface area contributed by atoms with Gasteiger partial charge in [-0.2, -0.15) is 10.2 Å². The Morgan fingerprint density at radius 3 is 2.88 bits per heavy atom. The van der Waals surface area contributed by atoms with Gasteiger partial charge in [0.15, 0.2) is 11.5 Å². The van der Waals surface area contributed by atoms with Crippen LogP contribution in [0.5, 0.6) is 0 Å². The number of aromatic carboxylic acids is 1. The average Bonchev–Trinajstić information content (AvgIpc) is 3.09. The maximum Gasteiger partial charge on any atom is 0.356 e. The third-order valence-corrected chi connectivity index (χ3v) is 2.73. The molecule has 0 amide bonds. The highest BCUT2D eigenvalue weighted by Gasteiger charge is 2.30. The number of rotatable bonds is 3. The van der Waals surface area contributed by atoms with Crippen molar-refractivity contribution in [2.45, 2.75) is 18.8 Å². The second-order valence-corrected chi connectivity index (χ2v) is 4.03.